The second kappa shape index (κ2) is 13.3. The molecule has 4 aliphatic rings. The first-order chi connectivity index (χ1) is 24.3. The molecule has 13 nitrogen and oxygen atoms in total. The van der Waals surface area contributed by atoms with Crippen molar-refractivity contribution in [3.63, 3.8) is 0 Å². The number of ether oxygens (including phenoxy) is 1. The number of anilines is 2. The topological polar surface area (TPSA) is 138 Å². The summed E-state index contributed by atoms with van der Waals surface area (Å²) in [6.45, 7) is 17.7. The van der Waals surface area contributed by atoms with Crippen LogP contribution in [0.25, 0.3) is 11.1 Å². The summed E-state index contributed by atoms with van der Waals surface area (Å²) in [6, 6.07) is 5.99. The molecule has 1 amide bonds. The van der Waals surface area contributed by atoms with Crippen LogP contribution in [0.5, 0.6) is 0 Å². The highest BCUT2D eigenvalue weighted by atomic mass is 16.5. The Labute approximate surface area is 297 Å². The van der Waals surface area contributed by atoms with Gasteiger partial charge < -0.3 is 29.2 Å². The van der Waals surface area contributed by atoms with E-state index in [-0.39, 0.29) is 34.0 Å². The number of carboxylic acids is 1. The summed E-state index contributed by atoms with van der Waals surface area (Å²) in [5.74, 6) is -1.05. The number of carboxylic acid groups (broad SMARTS) is 1. The number of amides is 1. The minimum atomic E-state index is -1.22. The van der Waals surface area contributed by atoms with Crippen molar-refractivity contribution in [2.75, 3.05) is 49.6 Å². The highest BCUT2D eigenvalue weighted by Crippen LogP contribution is 2.40. The van der Waals surface area contributed by atoms with Gasteiger partial charge in [0.25, 0.3) is 11.5 Å². The van der Waals surface area contributed by atoms with Crippen LogP contribution in [0, 0.1) is 5.41 Å². The van der Waals surface area contributed by atoms with Crippen molar-refractivity contribution in [2.45, 2.75) is 59.2 Å². The predicted molar refractivity (Wildman–Crippen MR) is 197 cm³/mol. The van der Waals surface area contributed by atoms with Gasteiger partial charge in [-0.3, -0.25) is 19.4 Å². The lowest BCUT2D eigenvalue weighted by Gasteiger charge is -2.46. The first-order valence-corrected chi connectivity index (χ1v) is 17.5. The van der Waals surface area contributed by atoms with Crippen molar-refractivity contribution in [2.24, 2.45) is 17.5 Å². The van der Waals surface area contributed by atoms with Crippen LogP contribution in [-0.4, -0.2) is 99.1 Å². The van der Waals surface area contributed by atoms with Crippen molar-refractivity contribution in [1.29, 1.82) is 0 Å². The Morgan fingerprint density at radius 1 is 1.14 bits per heavy atom. The molecule has 0 aromatic carbocycles. The first kappa shape index (κ1) is 34.4. The van der Waals surface area contributed by atoms with E-state index in [1.165, 1.54) is 26.9 Å². The molecular weight excluding hydrogens is 648 g/mol. The molecule has 2 saturated heterocycles. The number of nitrogens with zero attached hydrogens (tertiary/aromatic N) is 7. The third kappa shape index (κ3) is 6.40. The highest BCUT2D eigenvalue weighted by molar-refractivity contribution is 6.10. The zero-order valence-corrected chi connectivity index (χ0v) is 30.0. The first-order valence-electron chi connectivity index (χ1n) is 17.5. The average Bonchev–Trinajstić information content (AvgIpc) is 3.55. The number of aliphatic imine (C=N–C) groups is 1. The van der Waals surface area contributed by atoms with E-state index in [0.29, 0.717) is 47.8 Å². The van der Waals surface area contributed by atoms with E-state index in [1.54, 1.807) is 31.5 Å². The van der Waals surface area contributed by atoms with E-state index in [1.807, 2.05) is 12.1 Å². The fourth-order valence-electron chi connectivity index (χ4n) is 8.01. The Hall–Kier alpha value is -5.01. The van der Waals surface area contributed by atoms with Crippen LogP contribution < -0.4 is 15.8 Å². The Morgan fingerprint density at radius 3 is 2.61 bits per heavy atom. The van der Waals surface area contributed by atoms with Crippen molar-refractivity contribution >= 4 is 30.1 Å². The number of aromatic nitrogens is 3. The van der Waals surface area contributed by atoms with E-state index < -0.39 is 5.97 Å². The van der Waals surface area contributed by atoms with Crippen molar-refractivity contribution in [3.8, 4) is 11.1 Å². The molecule has 51 heavy (non-hydrogen) atoms. The number of hydrogen-bond donors (Lipinski definition) is 2. The quantitative estimate of drug-likeness (QED) is 0.252. The van der Waals surface area contributed by atoms with Gasteiger partial charge in [-0.05, 0) is 74.7 Å². The van der Waals surface area contributed by atoms with E-state index in [0.717, 1.165) is 51.4 Å². The highest BCUT2D eigenvalue weighted by Gasteiger charge is 2.38. The maximum absolute atomic E-state index is 13.9. The van der Waals surface area contributed by atoms with Gasteiger partial charge in [0, 0.05) is 80.7 Å². The van der Waals surface area contributed by atoms with Gasteiger partial charge in [0.05, 0.1) is 19.3 Å². The number of piperazine rings is 1. The number of carbonyl (C=O) groups excluding carboxylic acids is 1. The fraction of sp³-hybridized carbons (Fsp3) is 0.447. The number of pyridine rings is 2. The molecule has 7 rings (SSSR count). The molecule has 13 heteroatoms. The van der Waals surface area contributed by atoms with Gasteiger partial charge in [0.15, 0.2) is 5.82 Å². The molecule has 1 aliphatic carbocycles. The summed E-state index contributed by atoms with van der Waals surface area (Å²) >= 11 is 0. The fourth-order valence-corrected chi connectivity index (χ4v) is 8.01. The molecule has 0 spiro atoms. The lowest BCUT2D eigenvalue weighted by Crippen LogP contribution is -2.59. The van der Waals surface area contributed by atoms with Gasteiger partial charge in [0.2, 0.25) is 0 Å². The molecule has 1 atom stereocenters. The Kier molecular flexibility index (Phi) is 8.96. The predicted octanol–water partition coefficient (Wildman–Crippen LogP) is 3.99. The SMILES string of the molecule is C=N/C(=C\C=C(/C)N1CCN(C2COC2)C[C@@H]1C)Nc1cc(-c2ccnc(N3CCn4c(cc5c4CC(C)(C)C5)C3=O)c2C(=O)O)cn(C)c1=O. The third-order valence-electron chi connectivity index (χ3n) is 10.7. The molecule has 3 aliphatic heterocycles. The second-order valence-corrected chi connectivity index (χ2v) is 14.9. The van der Waals surface area contributed by atoms with Crippen LogP contribution in [-0.2, 0) is 31.2 Å². The summed E-state index contributed by atoms with van der Waals surface area (Å²) in [6.07, 6.45) is 8.63. The van der Waals surface area contributed by atoms with Crippen LogP contribution in [0.2, 0.25) is 0 Å². The normalized spacial score (nSPS) is 21.0. The molecule has 0 unspecified atom stereocenters. The van der Waals surface area contributed by atoms with Crippen molar-refractivity contribution in [1.82, 2.24) is 23.9 Å². The minimum Gasteiger partial charge on any atom is -0.478 e. The largest absolute Gasteiger partial charge is 0.478 e. The molecule has 0 bridgehead atoms. The van der Waals surface area contributed by atoms with E-state index in [9.17, 15) is 19.5 Å². The van der Waals surface area contributed by atoms with Crippen LogP contribution >= 0.6 is 0 Å². The lowest BCUT2D eigenvalue weighted by molar-refractivity contribution is -0.0814. The summed E-state index contributed by atoms with van der Waals surface area (Å²) in [5.41, 5.74) is 4.70. The molecule has 2 fully saturated rings. The van der Waals surface area contributed by atoms with Crippen LogP contribution in [0.15, 0.2) is 64.0 Å². The molecule has 6 heterocycles. The summed E-state index contributed by atoms with van der Waals surface area (Å²) < 4.78 is 8.86. The zero-order valence-electron chi connectivity index (χ0n) is 30.0. The number of aryl methyl sites for hydroxylation is 1. The third-order valence-corrected chi connectivity index (χ3v) is 10.7. The monoisotopic (exact) mass is 694 g/mol. The summed E-state index contributed by atoms with van der Waals surface area (Å²) in [5, 5.41) is 13.6. The Balaban J connectivity index is 1.15. The average molecular weight is 695 g/mol. The Morgan fingerprint density at radius 2 is 1.92 bits per heavy atom. The number of rotatable bonds is 9. The number of nitrogens with one attached hydrogen (secondary N) is 1. The van der Waals surface area contributed by atoms with Crippen LogP contribution in [0.3, 0.4) is 0 Å². The molecule has 3 aromatic heterocycles. The summed E-state index contributed by atoms with van der Waals surface area (Å²) in [7, 11) is 1.61. The molecule has 268 valence electrons. The number of hydrogen-bond acceptors (Lipinski definition) is 9. The lowest BCUT2D eigenvalue weighted by atomic mass is 9.90. The molecule has 0 saturated carbocycles. The standard InChI is InChI=1S/C38H46N8O5/c1-23(44-12-11-43(19-24(44)2)27-21-51-22-27)7-8-32(39-5)41-29-15-26(20-42(6)35(29)47)28-9-10-40-34(33(28)37(49)50)46-14-13-45-30(36(46)48)16-25-17-38(3,4)18-31(25)45/h7-10,15-16,20,24,27,41H,5,11-14,17-19,21-22H2,1-4,6H3,(H,49,50)/b23-7+,32-8+/t24-/m0/s1. The van der Waals surface area contributed by atoms with E-state index in [2.05, 4.69) is 64.1 Å². The zero-order chi connectivity index (χ0) is 36.2. The van der Waals surface area contributed by atoms with Gasteiger partial charge in [-0.25, -0.2) is 14.8 Å². The van der Waals surface area contributed by atoms with Gasteiger partial charge in [-0.1, -0.05) is 13.8 Å². The maximum Gasteiger partial charge on any atom is 0.340 e. The minimum absolute atomic E-state index is 0.0753. The van der Waals surface area contributed by atoms with Crippen molar-refractivity contribution in [3.05, 3.63) is 87.1 Å². The van der Waals surface area contributed by atoms with Crippen LogP contribution in [0.1, 0.15) is 59.8 Å². The molecule has 2 N–H and O–H groups in total. The number of fused-ring (bicyclic) bond motifs is 3. The number of allylic oxidation sites excluding steroid dienone is 3. The smallest absolute Gasteiger partial charge is 0.340 e. The number of aromatic carboxylic acids is 1. The molecular formula is C38H46N8O5. The Bertz CT molecular complexity index is 2040. The van der Waals surface area contributed by atoms with E-state index in [4.69, 9.17) is 4.74 Å². The number of carbonyl (C=O) groups is 2. The maximum atomic E-state index is 13.9. The van der Waals surface area contributed by atoms with E-state index >= 15 is 0 Å². The van der Waals surface area contributed by atoms with Crippen LogP contribution in [0.4, 0.5) is 11.5 Å². The molecule has 0 radical (unpaired) electrons. The molecule has 3 aromatic rings. The van der Waals surface area contributed by atoms with Gasteiger partial charge in [0.1, 0.15) is 22.8 Å². The summed E-state index contributed by atoms with van der Waals surface area (Å²) in [4.78, 5) is 55.0. The van der Waals surface area contributed by atoms with Gasteiger partial charge in [-0.15, -0.1) is 0 Å². The van der Waals surface area contributed by atoms with Gasteiger partial charge >= 0.3 is 5.97 Å². The van der Waals surface area contributed by atoms with Gasteiger partial charge in [-0.2, -0.15) is 0 Å². The van der Waals surface area contributed by atoms with Crippen molar-refractivity contribution < 1.29 is 19.4 Å². The second-order valence-electron chi connectivity index (χ2n) is 14.9.